The smallest absolute Gasteiger partial charge is 0.0976 e. The van der Waals surface area contributed by atoms with Gasteiger partial charge >= 0.3 is 0 Å². The number of piperidine rings is 1. The minimum atomic E-state index is -0.0934. The van der Waals surface area contributed by atoms with Gasteiger partial charge < -0.3 is 10.2 Å². The number of nitrogens with zero attached hydrogens (tertiary/aromatic N) is 2. The van der Waals surface area contributed by atoms with E-state index in [-0.39, 0.29) is 5.92 Å². The van der Waals surface area contributed by atoms with Crippen molar-refractivity contribution >= 4 is 23.2 Å². The standard InChI is InChI=1S/C18H17Cl2N3/c1-10-14(9-21)16(13-3-2-12(19)8-15(13)20)18-17(22-10)11-4-6-23(18)7-5-11/h2-3,8,11,16,22H,4-7H2,1H3. The van der Waals surface area contributed by atoms with Crippen molar-refractivity contribution in [3.63, 3.8) is 0 Å². The molecule has 1 saturated heterocycles. The van der Waals surface area contributed by atoms with Crippen molar-refractivity contribution in [1.29, 1.82) is 5.26 Å². The van der Waals surface area contributed by atoms with Crippen molar-refractivity contribution in [1.82, 2.24) is 10.2 Å². The Balaban J connectivity index is 1.92. The van der Waals surface area contributed by atoms with Crippen LogP contribution in [0.4, 0.5) is 0 Å². The van der Waals surface area contributed by atoms with Crippen LogP contribution >= 0.6 is 23.2 Å². The zero-order valence-electron chi connectivity index (χ0n) is 12.9. The molecule has 4 aliphatic rings. The van der Waals surface area contributed by atoms with Gasteiger partial charge in [0, 0.05) is 46.1 Å². The topological polar surface area (TPSA) is 39.1 Å². The molecule has 2 bridgehead atoms. The highest BCUT2D eigenvalue weighted by molar-refractivity contribution is 6.35. The third-order valence-electron chi connectivity index (χ3n) is 5.20. The summed E-state index contributed by atoms with van der Waals surface area (Å²) in [5.41, 5.74) is 5.18. The SMILES string of the molecule is CC1=C(C#N)C(c2ccc(Cl)cc2Cl)C2=C(N1)C1CCN2CC1. The molecule has 4 aliphatic heterocycles. The number of benzene rings is 1. The van der Waals surface area contributed by atoms with Gasteiger partial charge in [0.1, 0.15) is 0 Å². The molecule has 1 N–H and O–H groups in total. The van der Waals surface area contributed by atoms with E-state index in [1.54, 1.807) is 6.07 Å². The van der Waals surface area contributed by atoms with Gasteiger partial charge in [0.25, 0.3) is 0 Å². The molecule has 3 nitrogen and oxygen atoms in total. The van der Waals surface area contributed by atoms with E-state index >= 15 is 0 Å². The number of nitrogens with one attached hydrogen (secondary N) is 1. The van der Waals surface area contributed by atoms with Crippen LogP contribution in [0.25, 0.3) is 0 Å². The van der Waals surface area contributed by atoms with Crippen LogP contribution in [0.3, 0.4) is 0 Å². The fraction of sp³-hybridized carbons (Fsp3) is 0.389. The lowest BCUT2D eigenvalue weighted by Crippen LogP contribution is -2.47. The number of fused-ring (bicyclic) bond motifs is 2. The molecular weight excluding hydrogens is 329 g/mol. The molecule has 5 heteroatoms. The molecule has 1 unspecified atom stereocenters. The van der Waals surface area contributed by atoms with E-state index in [0.717, 1.165) is 29.9 Å². The van der Waals surface area contributed by atoms with E-state index in [0.29, 0.717) is 16.0 Å². The predicted octanol–water partition coefficient (Wildman–Crippen LogP) is 4.41. The molecule has 118 valence electrons. The predicted molar refractivity (Wildman–Crippen MR) is 92.0 cm³/mol. The normalized spacial score (nSPS) is 23.7. The maximum atomic E-state index is 9.74. The Labute approximate surface area is 146 Å². The van der Waals surface area contributed by atoms with Crippen molar-refractivity contribution < 1.29 is 0 Å². The monoisotopic (exact) mass is 345 g/mol. The van der Waals surface area contributed by atoms with Crippen LogP contribution in [0.2, 0.25) is 10.0 Å². The molecule has 1 aromatic rings. The molecule has 5 rings (SSSR count). The maximum Gasteiger partial charge on any atom is 0.0976 e. The number of dihydropyridines is 1. The van der Waals surface area contributed by atoms with Gasteiger partial charge in [0.05, 0.1) is 17.6 Å². The first-order valence-corrected chi connectivity index (χ1v) is 8.67. The minimum Gasteiger partial charge on any atom is -0.373 e. The summed E-state index contributed by atoms with van der Waals surface area (Å²) >= 11 is 12.5. The summed E-state index contributed by atoms with van der Waals surface area (Å²) in [7, 11) is 0. The van der Waals surface area contributed by atoms with Crippen LogP contribution in [0.1, 0.15) is 31.2 Å². The van der Waals surface area contributed by atoms with Crippen LogP contribution in [0.5, 0.6) is 0 Å². The molecule has 0 amide bonds. The zero-order chi connectivity index (χ0) is 16.1. The number of halogens is 2. The summed E-state index contributed by atoms with van der Waals surface area (Å²) in [5.74, 6) is 0.475. The van der Waals surface area contributed by atoms with Crippen LogP contribution in [-0.4, -0.2) is 18.0 Å². The Bertz CT molecular complexity index is 780. The van der Waals surface area contributed by atoms with E-state index in [2.05, 4.69) is 16.3 Å². The quantitative estimate of drug-likeness (QED) is 0.818. The Kier molecular flexibility index (Phi) is 3.55. The molecule has 0 aromatic heterocycles. The fourth-order valence-electron chi connectivity index (χ4n) is 4.10. The van der Waals surface area contributed by atoms with E-state index in [1.165, 1.54) is 24.2 Å². The summed E-state index contributed by atoms with van der Waals surface area (Å²) in [6, 6.07) is 7.98. The van der Waals surface area contributed by atoms with E-state index in [9.17, 15) is 5.26 Å². The summed E-state index contributed by atoms with van der Waals surface area (Å²) < 4.78 is 0. The number of hydrogen-bond donors (Lipinski definition) is 1. The Morgan fingerprint density at radius 2 is 2.00 bits per heavy atom. The van der Waals surface area contributed by atoms with Gasteiger partial charge in [0.15, 0.2) is 0 Å². The van der Waals surface area contributed by atoms with Crippen LogP contribution < -0.4 is 5.32 Å². The van der Waals surface area contributed by atoms with E-state index in [4.69, 9.17) is 23.2 Å². The highest BCUT2D eigenvalue weighted by Crippen LogP contribution is 2.48. The van der Waals surface area contributed by atoms with Gasteiger partial charge in [-0.3, -0.25) is 0 Å². The second-order valence-corrected chi connectivity index (χ2v) is 7.28. The van der Waals surface area contributed by atoms with Gasteiger partial charge in [-0.05, 0) is 37.5 Å². The molecule has 1 fully saturated rings. The number of nitriles is 1. The zero-order valence-corrected chi connectivity index (χ0v) is 14.4. The van der Waals surface area contributed by atoms with Gasteiger partial charge in [0.2, 0.25) is 0 Å². The second-order valence-electron chi connectivity index (χ2n) is 6.43. The summed E-state index contributed by atoms with van der Waals surface area (Å²) in [6.07, 6.45) is 2.37. The Morgan fingerprint density at radius 3 is 2.65 bits per heavy atom. The Morgan fingerprint density at radius 1 is 1.26 bits per heavy atom. The molecule has 0 saturated carbocycles. The van der Waals surface area contributed by atoms with Crippen molar-refractivity contribution in [3.05, 3.63) is 56.5 Å². The first-order valence-electron chi connectivity index (χ1n) is 7.92. The minimum absolute atomic E-state index is 0.0934. The third-order valence-corrected chi connectivity index (χ3v) is 5.76. The molecule has 0 aliphatic carbocycles. The molecule has 23 heavy (non-hydrogen) atoms. The molecule has 1 aromatic carbocycles. The third kappa shape index (κ3) is 2.24. The van der Waals surface area contributed by atoms with E-state index in [1.807, 2.05) is 19.1 Å². The van der Waals surface area contributed by atoms with Crippen LogP contribution in [0, 0.1) is 17.2 Å². The van der Waals surface area contributed by atoms with Gasteiger partial charge in [-0.1, -0.05) is 29.3 Å². The fourth-order valence-corrected chi connectivity index (χ4v) is 4.62. The van der Waals surface area contributed by atoms with Gasteiger partial charge in [-0.25, -0.2) is 0 Å². The lowest BCUT2D eigenvalue weighted by atomic mass is 9.76. The summed E-state index contributed by atoms with van der Waals surface area (Å²) in [6.45, 7) is 4.10. The second kappa shape index (κ2) is 5.47. The molecule has 0 radical (unpaired) electrons. The molecular formula is C18H17Cl2N3. The average Bonchev–Trinajstić information content (AvgIpc) is 2.55. The van der Waals surface area contributed by atoms with Gasteiger partial charge in [-0.15, -0.1) is 0 Å². The van der Waals surface area contributed by atoms with Crippen LogP contribution in [-0.2, 0) is 0 Å². The van der Waals surface area contributed by atoms with Crippen molar-refractivity contribution in [2.75, 3.05) is 13.1 Å². The van der Waals surface area contributed by atoms with Crippen molar-refractivity contribution in [2.24, 2.45) is 5.92 Å². The molecule has 1 atom stereocenters. The lowest BCUT2D eigenvalue weighted by molar-refractivity contribution is 0.187. The van der Waals surface area contributed by atoms with Gasteiger partial charge in [-0.2, -0.15) is 5.26 Å². The number of hydrogen-bond acceptors (Lipinski definition) is 3. The molecule has 4 heterocycles. The first-order chi connectivity index (χ1) is 11.1. The first kappa shape index (κ1) is 14.9. The van der Waals surface area contributed by atoms with E-state index < -0.39 is 0 Å². The summed E-state index contributed by atoms with van der Waals surface area (Å²) in [4.78, 5) is 2.42. The highest BCUT2D eigenvalue weighted by Gasteiger charge is 2.42. The van der Waals surface area contributed by atoms with Crippen molar-refractivity contribution in [2.45, 2.75) is 25.7 Å². The highest BCUT2D eigenvalue weighted by atomic mass is 35.5. The largest absolute Gasteiger partial charge is 0.373 e. The average molecular weight is 346 g/mol. The lowest BCUT2D eigenvalue weighted by Gasteiger charge is -2.49. The number of allylic oxidation sites excluding steroid dienone is 3. The Hall–Kier alpha value is -1.63. The maximum absolute atomic E-state index is 9.74. The van der Waals surface area contributed by atoms with Crippen molar-refractivity contribution in [3.8, 4) is 6.07 Å². The summed E-state index contributed by atoms with van der Waals surface area (Å²) in [5, 5.41) is 14.5. The van der Waals surface area contributed by atoms with Crippen LogP contribution in [0.15, 0.2) is 40.9 Å². The number of rotatable bonds is 1. The molecule has 0 spiro atoms.